The maximum Gasteiger partial charge on any atom is 0.417 e. The number of aryl methyl sites for hydroxylation is 4. The lowest BCUT2D eigenvalue weighted by Crippen LogP contribution is -2.09. The van der Waals surface area contributed by atoms with Crippen molar-refractivity contribution in [3.05, 3.63) is 240 Å². The highest BCUT2D eigenvalue weighted by Gasteiger charge is 2.34. The zero-order valence-electron chi connectivity index (χ0n) is 40.1. The number of rotatable bonds is 7. The number of fused-ring (bicyclic) bond motifs is 6. The fraction of sp³-hybridized carbons (Fsp3) is 0.0758. The summed E-state index contributed by atoms with van der Waals surface area (Å²) in [6.07, 6.45) is -4.67. The molecule has 72 heavy (non-hydrogen) atoms. The van der Waals surface area contributed by atoms with Crippen LogP contribution in [0.25, 0.3) is 111 Å². The van der Waals surface area contributed by atoms with Crippen molar-refractivity contribution >= 4 is 43.6 Å². The number of nitrogens with zero attached hydrogens (tertiary/aromatic N) is 3. The van der Waals surface area contributed by atoms with Crippen molar-refractivity contribution in [2.45, 2.75) is 33.9 Å². The number of aromatic nitrogens is 2. The second kappa shape index (κ2) is 17.2. The maximum atomic E-state index is 15.3. The van der Waals surface area contributed by atoms with Gasteiger partial charge in [0.2, 0.25) is 0 Å². The molecule has 0 amide bonds. The largest absolute Gasteiger partial charge is 0.417 e. The number of nitriles is 1. The molecule has 0 unspecified atom stereocenters. The molecule has 0 spiro atoms. The third kappa shape index (κ3) is 7.62. The van der Waals surface area contributed by atoms with E-state index in [2.05, 4.69) is 188 Å². The Kier molecular flexibility index (Phi) is 10.6. The van der Waals surface area contributed by atoms with Crippen molar-refractivity contribution < 1.29 is 13.2 Å². The molecule has 12 rings (SSSR count). The molecule has 0 bridgehead atoms. The van der Waals surface area contributed by atoms with Gasteiger partial charge < -0.3 is 9.13 Å². The molecule has 2 heterocycles. The van der Waals surface area contributed by atoms with Gasteiger partial charge in [-0.1, -0.05) is 186 Å². The molecular formula is C66H46F3N3. The summed E-state index contributed by atoms with van der Waals surface area (Å²) >= 11 is 0. The molecule has 0 fully saturated rings. The molecule has 3 nitrogen and oxygen atoms in total. The zero-order chi connectivity index (χ0) is 49.4. The van der Waals surface area contributed by atoms with Gasteiger partial charge in [0, 0.05) is 21.5 Å². The SMILES string of the molecule is Cc1cccc(-c2ccc3c4ccc(-c5cccc(C)c5)cc4n(-c4cc(-c5ccccc5C(F)(F)F)cc(-n5c6cc(-c7cccc(C)c7)ccc6c6ccc(-c7cccc(C)c7)cc65)c4C#N)c3c2)c1. The van der Waals surface area contributed by atoms with E-state index in [-0.39, 0.29) is 5.56 Å². The molecule has 10 aromatic carbocycles. The van der Waals surface area contributed by atoms with Crippen LogP contribution >= 0.6 is 0 Å². The van der Waals surface area contributed by atoms with Crippen molar-refractivity contribution in [2.75, 3.05) is 0 Å². The lowest BCUT2D eigenvalue weighted by Gasteiger charge is -2.20. The third-order valence-electron chi connectivity index (χ3n) is 14.2. The highest BCUT2D eigenvalue weighted by atomic mass is 19.4. The van der Waals surface area contributed by atoms with E-state index in [9.17, 15) is 5.26 Å². The second-order valence-electron chi connectivity index (χ2n) is 19.1. The average molecular weight is 938 g/mol. The van der Waals surface area contributed by atoms with Gasteiger partial charge in [-0.2, -0.15) is 18.4 Å². The lowest BCUT2D eigenvalue weighted by molar-refractivity contribution is -0.137. The average Bonchev–Trinajstić information content (AvgIpc) is 3.89. The van der Waals surface area contributed by atoms with Crippen LogP contribution in [0.5, 0.6) is 0 Å². The van der Waals surface area contributed by atoms with Gasteiger partial charge in [-0.05, 0) is 126 Å². The minimum absolute atomic E-state index is 0.0142. The molecule has 6 heteroatoms. The Morgan fingerprint density at radius 3 is 0.972 bits per heavy atom. The molecule has 2 aromatic heterocycles. The van der Waals surface area contributed by atoms with Crippen LogP contribution in [0, 0.1) is 39.0 Å². The van der Waals surface area contributed by atoms with Gasteiger partial charge in [-0.25, -0.2) is 0 Å². The number of benzene rings is 10. The third-order valence-corrected chi connectivity index (χ3v) is 14.2. The Morgan fingerprint density at radius 2 is 0.667 bits per heavy atom. The van der Waals surface area contributed by atoms with Crippen LogP contribution in [0.1, 0.15) is 33.4 Å². The van der Waals surface area contributed by atoms with E-state index in [1.165, 1.54) is 12.1 Å². The fourth-order valence-electron chi connectivity index (χ4n) is 10.8. The first kappa shape index (κ1) is 44.3. The molecule has 0 saturated carbocycles. The summed E-state index contributed by atoms with van der Waals surface area (Å²) in [7, 11) is 0. The molecule has 346 valence electrons. The Balaban J connectivity index is 1.25. The summed E-state index contributed by atoms with van der Waals surface area (Å²) in [6, 6.07) is 71.0. The van der Waals surface area contributed by atoms with Gasteiger partial charge in [-0.3, -0.25) is 0 Å². The first-order valence-corrected chi connectivity index (χ1v) is 24.1. The van der Waals surface area contributed by atoms with Gasteiger partial charge in [-0.15, -0.1) is 0 Å². The van der Waals surface area contributed by atoms with Crippen LogP contribution in [-0.2, 0) is 6.18 Å². The summed E-state index contributed by atoms with van der Waals surface area (Å²) in [5.41, 5.74) is 16.6. The summed E-state index contributed by atoms with van der Waals surface area (Å²) in [5.74, 6) is 0. The van der Waals surface area contributed by atoms with E-state index < -0.39 is 11.7 Å². The van der Waals surface area contributed by atoms with Gasteiger partial charge in [0.15, 0.2) is 0 Å². The van der Waals surface area contributed by atoms with Crippen molar-refractivity contribution in [3.63, 3.8) is 0 Å². The highest BCUT2D eigenvalue weighted by molar-refractivity contribution is 6.13. The quantitative estimate of drug-likeness (QED) is 0.157. The topological polar surface area (TPSA) is 33.6 Å². The van der Waals surface area contributed by atoms with Crippen molar-refractivity contribution in [1.29, 1.82) is 5.26 Å². The van der Waals surface area contributed by atoms with Crippen LogP contribution in [0.3, 0.4) is 0 Å². The van der Waals surface area contributed by atoms with Gasteiger partial charge in [0.1, 0.15) is 11.6 Å². The molecule has 0 saturated heterocycles. The summed E-state index contributed by atoms with van der Waals surface area (Å²) in [5, 5.41) is 15.7. The van der Waals surface area contributed by atoms with E-state index in [1.807, 2.05) is 24.3 Å². The van der Waals surface area contributed by atoms with E-state index in [4.69, 9.17) is 0 Å². The Morgan fingerprint density at radius 1 is 0.347 bits per heavy atom. The van der Waals surface area contributed by atoms with Gasteiger partial charge in [0.05, 0.1) is 39.0 Å². The molecular weight excluding hydrogens is 892 g/mol. The van der Waals surface area contributed by atoms with E-state index in [1.54, 1.807) is 18.2 Å². The first-order valence-electron chi connectivity index (χ1n) is 24.1. The van der Waals surface area contributed by atoms with Crippen molar-refractivity contribution in [3.8, 4) is 73.1 Å². The standard InChI is InChI=1S/C66H46F3N3/c1-40-11-7-15-44(29-40)48-21-25-54-55-26-22-49(45-16-8-12-41(2)30-45)34-61(55)71(60(54)33-48)64-37-52(53-19-5-6-20-59(53)66(67,68)69)38-65(58(64)39-70)72-62-35-50(46-17-9-13-42(3)31-46)23-27-56(62)57-28-24-51(36-63(57)72)47-18-10-14-43(4)32-47/h5-38H,1-4H3. The Labute approximate surface area is 415 Å². The zero-order valence-corrected chi connectivity index (χ0v) is 40.1. The lowest BCUT2D eigenvalue weighted by atomic mass is 9.95. The molecule has 0 N–H and O–H groups in total. The smallest absolute Gasteiger partial charge is 0.308 e. The van der Waals surface area contributed by atoms with Crippen molar-refractivity contribution in [2.24, 2.45) is 0 Å². The first-order chi connectivity index (χ1) is 34.9. The summed E-state index contributed by atoms with van der Waals surface area (Å²) < 4.78 is 50.2. The number of alkyl halides is 3. The predicted molar refractivity (Wildman–Crippen MR) is 291 cm³/mol. The number of hydrogen-bond donors (Lipinski definition) is 0. The molecule has 12 aromatic rings. The second-order valence-corrected chi connectivity index (χ2v) is 19.1. The van der Waals surface area contributed by atoms with Gasteiger partial charge >= 0.3 is 6.18 Å². The fourth-order valence-corrected chi connectivity index (χ4v) is 10.8. The van der Waals surface area contributed by atoms with Gasteiger partial charge in [0.25, 0.3) is 0 Å². The molecule has 0 aliphatic heterocycles. The summed E-state index contributed by atoms with van der Waals surface area (Å²) in [4.78, 5) is 0. The van der Waals surface area contributed by atoms with Crippen LogP contribution in [0.4, 0.5) is 13.2 Å². The van der Waals surface area contributed by atoms with Crippen LogP contribution in [-0.4, -0.2) is 9.13 Å². The molecule has 0 atom stereocenters. The van der Waals surface area contributed by atoms with E-state index in [0.29, 0.717) is 22.5 Å². The van der Waals surface area contributed by atoms with Crippen LogP contribution in [0.15, 0.2) is 206 Å². The Bertz CT molecular complexity index is 3780. The molecule has 0 radical (unpaired) electrons. The monoisotopic (exact) mass is 937 g/mol. The predicted octanol–water partition coefficient (Wildman–Crippen LogP) is 18.3. The minimum Gasteiger partial charge on any atom is -0.308 e. The van der Waals surface area contributed by atoms with Crippen LogP contribution < -0.4 is 0 Å². The highest BCUT2D eigenvalue weighted by Crippen LogP contribution is 2.45. The van der Waals surface area contributed by atoms with E-state index >= 15 is 13.2 Å². The van der Waals surface area contributed by atoms with Crippen LogP contribution in [0.2, 0.25) is 0 Å². The van der Waals surface area contributed by atoms with Crippen molar-refractivity contribution in [1.82, 2.24) is 9.13 Å². The number of halogens is 3. The minimum atomic E-state index is -4.67. The van der Waals surface area contributed by atoms with E-state index in [0.717, 1.165) is 116 Å². The number of hydrogen-bond acceptors (Lipinski definition) is 1. The normalized spacial score (nSPS) is 11.8. The Hall–Kier alpha value is -8.92. The molecule has 0 aliphatic rings. The summed E-state index contributed by atoms with van der Waals surface area (Å²) in [6.45, 7) is 8.27. The molecule has 0 aliphatic carbocycles. The maximum absolute atomic E-state index is 15.3.